The van der Waals surface area contributed by atoms with Crippen LogP contribution in [0.5, 0.6) is 0 Å². The van der Waals surface area contributed by atoms with Gasteiger partial charge in [0.1, 0.15) is 13.2 Å². The van der Waals surface area contributed by atoms with Crippen LogP contribution in [0.25, 0.3) is 0 Å². The second-order valence-electron chi connectivity index (χ2n) is 17.4. The molecule has 0 N–H and O–H groups in total. The first kappa shape index (κ1) is 50.0. The molecule has 0 aromatic carbocycles. The maximum Gasteiger partial charge on any atom is 0.160 e. The summed E-state index contributed by atoms with van der Waals surface area (Å²) in [5.41, 5.74) is 0. The van der Waals surface area contributed by atoms with Crippen LogP contribution in [0.15, 0.2) is 0 Å². The molecule has 3 aliphatic rings. The van der Waals surface area contributed by atoms with E-state index in [9.17, 15) is 9.59 Å². The van der Waals surface area contributed by atoms with Crippen LogP contribution in [0.2, 0.25) is 0 Å². The van der Waals surface area contributed by atoms with Gasteiger partial charge in [-0.15, -0.1) is 0 Å². The third kappa shape index (κ3) is 25.7. The van der Waals surface area contributed by atoms with Gasteiger partial charge >= 0.3 is 0 Å². The van der Waals surface area contributed by atoms with Gasteiger partial charge in [-0.25, -0.2) is 0 Å². The summed E-state index contributed by atoms with van der Waals surface area (Å²) in [7, 11) is 0. The van der Waals surface area contributed by atoms with E-state index < -0.39 is 0 Å². The predicted molar refractivity (Wildman–Crippen MR) is 215 cm³/mol. The zero-order valence-corrected chi connectivity index (χ0v) is 36.4. The zero-order valence-electron chi connectivity index (χ0n) is 36.4. The van der Waals surface area contributed by atoms with Crippen LogP contribution in [0.3, 0.4) is 0 Å². The second-order valence-corrected chi connectivity index (χ2v) is 17.4. The Balaban J connectivity index is 0.000000414. The van der Waals surface area contributed by atoms with Crippen LogP contribution in [0, 0.1) is 23.7 Å². The molecular formula is C43H84N2O8. The van der Waals surface area contributed by atoms with E-state index in [1.165, 1.54) is 26.2 Å². The van der Waals surface area contributed by atoms with Gasteiger partial charge in [-0.3, -0.25) is 19.4 Å². The number of carbonyl (C=O) groups is 2. The molecule has 4 atom stereocenters. The van der Waals surface area contributed by atoms with Gasteiger partial charge in [0.05, 0.1) is 38.6 Å². The van der Waals surface area contributed by atoms with Crippen LogP contribution >= 0.6 is 0 Å². The first-order valence-corrected chi connectivity index (χ1v) is 21.3. The summed E-state index contributed by atoms with van der Waals surface area (Å²) in [6, 6.07) is 1.44. The molecule has 3 fully saturated rings. The topological polar surface area (TPSA) is 96.0 Å². The van der Waals surface area contributed by atoms with E-state index in [0.29, 0.717) is 37.4 Å². The lowest BCUT2D eigenvalue weighted by Crippen LogP contribution is -2.50. The second kappa shape index (κ2) is 29.3. The quantitative estimate of drug-likeness (QED) is 0.114. The van der Waals surface area contributed by atoms with Crippen molar-refractivity contribution < 1.29 is 38.0 Å². The Labute approximate surface area is 326 Å². The molecule has 10 nitrogen and oxygen atoms in total. The number of Topliss-reactive ketones (excluding diaryl/α,β-unsaturated/α-hetero) is 2. The third-order valence-corrected chi connectivity index (χ3v) is 9.66. The van der Waals surface area contributed by atoms with E-state index in [4.69, 9.17) is 28.4 Å². The van der Waals surface area contributed by atoms with Gasteiger partial charge in [-0.05, 0) is 90.4 Å². The minimum atomic E-state index is -0.106. The summed E-state index contributed by atoms with van der Waals surface area (Å²) in [6.07, 6.45) is 8.68. The molecule has 3 rings (SSSR count). The van der Waals surface area contributed by atoms with Crippen LogP contribution in [0.1, 0.15) is 141 Å². The first-order chi connectivity index (χ1) is 25.1. The fourth-order valence-corrected chi connectivity index (χ4v) is 6.13. The van der Waals surface area contributed by atoms with Crippen molar-refractivity contribution >= 4 is 11.6 Å². The molecule has 3 saturated heterocycles. The molecule has 0 saturated carbocycles. The van der Waals surface area contributed by atoms with E-state index in [2.05, 4.69) is 79.0 Å². The van der Waals surface area contributed by atoms with E-state index >= 15 is 0 Å². The van der Waals surface area contributed by atoms with Crippen molar-refractivity contribution in [3.63, 3.8) is 0 Å². The molecule has 0 aliphatic carbocycles. The monoisotopic (exact) mass is 757 g/mol. The number of ketones is 2. The lowest BCUT2D eigenvalue weighted by atomic mass is 10.1. The Hall–Kier alpha value is -0.980. The molecule has 0 spiro atoms. The van der Waals surface area contributed by atoms with Crippen molar-refractivity contribution in [3.8, 4) is 0 Å². The van der Waals surface area contributed by atoms with Crippen molar-refractivity contribution in [3.05, 3.63) is 0 Å². The summed E-state index contributed by atoms with van der Waals surface area (Å²) in [4.78, 5) is 28.3. The van der Waals surface area contributed by atoms with Gasteiger partial charge in [0.15, 0.2) is 24.1 Å². The van der Waals surface area contributed by atoms with Crippen LogP contribution in [-0.2, 0) is 38.0 Å². The Kier molecular flexibility index (Phi) is 27.7. The summed E-state index contributed by atoms with van der Waals surface area (Å²) in [5, 5.41) is 0. The molecule has 0 radical (unpaired) electrons. The first-order valence-electron chi connectivity index (χ1n) is 21.3. The number of hydrogen-bond acceptors (Lipinski definition) is 10. The number of carbonyl (C=O) groups excluding carboxylic acids is 2. The Morgan fingerprint density at radius 2 is 1.04 bits per heavy atom. The van der Waals surface area contributed by atoms with Gasteiger partial charge in [0.25, 0.3) is 0 Å². The lowest BCUT2D eigenvalue weighted by Gasteiger charge is -2.38. The Morgan fingerprint density at radius 3 is 1.42 bits per heavy atom. The SMILES string of the molecule is CC(C)CCCC(=O)COCC1CCCC(OCC(C)C)O1.CC(C)COC1CCCC(COCC(=O)C(C)C)O1.CC(C)N1CCN(C(C)C)CC1. The zero-order chi connectivity index (χ0) is 39.8. The van der Waals surface area contributed by atoms with E-state index in [1.807, 2.05) is 13.8 Å². The van der Waals surface area contributed by atoms with Gasteiger partial charge in [-0.2, -0.15) is 0 Å². The Bertz CT molecular complexity index is 904. The summed E-state index contributed by atoms with van der Waals surface area (Å²) < 4.78 is 34.1. The van der Waals surface area contributed by atoms with Gasteiger partial charge in [-0.1, -0.05) is 61.8 Å². The molecule has 0 bridgehead atoms. The highest BCUT2D eigenvalue weighted by Gasteiger charge is 2.25. The summed E-state index contributed by atoms with van der Waals surface area (Å²) in [6.45, 7) is 33.6. The number of hydrogen-bond donors (Lipinski definition) is 0. The van der Waals surface area contributed by atoms with Crippen molar-refractivity contribution in [2.45, 2.75) is 178 Å². The normalized spacial score (nSPS) is 23.1. The number of ether oxygens (including phenoxy) is 6. The molecule has 3 heterocycles. The summed E-state index contributed by atoms with van der Waals surface area (Å²) >= 11 is 0. The highest BCUT2D eigenvalue weighted by atomic mass is 16.7. The van der Waals surface area contributed by atoms with Gasteiger partial charge < -0.3 is 28.4 Å². The van der Waals surface area contributed by atoms with Crippen molar-refractivity contribution in [1.82, 2.24) is 9.80 Å². The minimum Gasteiger partial charge on any atom is -0.371 e. The van der Waals surface area contributed by atoms with Crippen molar-refractivity contribution in [1.29, 1.82) is 0 Å². The Morgan fingerprint density at radius 1 is 0.604 bits per heavy atom. The average molecular weight is 757 g/mol. The highest BCUT2D eigenvalue weighted by molar-refractivity contribution is 5.81. The maximum absolute atomic E-state index is 11.7. The molecule has 4 unspecified atom stereocenters. The molecule has 0 aromatic heterocycles. The van der Waals surface area contributed by atoms with E-state index in [0.717, 1.165) is 76.7 Å². The lowest BCUT2D eigenvalue weighted by molar-refractivity contribution is -0.208. The maximum atomic E-state index is 11.7. The standard InChI is InChI=1S/C18H34O4.C15H28O4.C10H22N2/c1-14(2)7-5-8-16(19)12-20-13-17-9-6-10-18(22-17)21-11-15(3)4;1-11(2)8-18-15-7-5-6-13(19-15)9-17-10-14(16)12(3)4;1-9(2)11-5-7-12(8-6-11)10(3)4/h14-15,17-18H,5-13H2,1-4H3;11-13,15H,5-10H2,1-4H3;9-10H,5-8H2,1-4H3. The molecule has 314 valence electrons. The fourth-order valence-electron chi connectivity index (χ4n) is 6.13. The molecule has 0 aromatic rings. The molecule has 3 aliphatic heterocycles. The smallest absolute Gasteiger partial charge is 0.160 e. The van der Waals surface area contributed by atoms with Crippen molar-refractivity contribution in [2.24, 2.45) is 23.7 Å². The highest BCUT2D eigenvalue weighted by Crippen LogP contribution is 2.22. The summed E-state index contributed by atoms with van der Waals surface area (Å²) in [5.74, 6) is 2.07. The number of piperazine rings is 1. The molecule has 0 amide bonds. The van der Waals surface area contributed by atoms with E-state index in [-0.39, 0.29) is 55.5 Å². The average Bonchev–Trinajstić information content (AvgIpc) is 3.10. The fraction of sp³-hybridized carbons (Fsp3) is 0.953. The van der Waals surface area contributed by atoms with E-state index in [1.54, 1.807) is 0 Å². The van der Waals surface area contributed by atoms with Gasteiger partial charge in [0, 0.05) is 50.6 Å². The largest absolute Gasteiger partial charge is 0.371 e. The third-order valence-electron chi connectivity index (χ3n) is 9.66. The number of nitrogens with zero attached hydrogens (tertiary/aromatic N) is 2. The van der Waals surface area contributed by atoms with Crippen LogP contribution in [0.4, 0.5) is 0 Å². The van der Waals surface area contributed by atoms with Crippen LogP contribution < -0.4 is 0 Å². The molecule has 10 heteroatoms. The molecular weight excluding hydrogens is 672 g/mol. The number of rotatable bonds is 21. The van der Waals surface area contributed by atoms with Crippen LogP contribution in [-0.4, -0.2) is 124 Å². The molecule has 53 heavy (non-hydrogen) atoms. The minimum absolute atomic E-state index is 0.0365. The predicted octanol–water partition coefficient (Wildman–Crippen LogP) is 8.18. The van der Waals surface area contributed by atoms with Crippen molar-refractivity contribution in [2.75, 3.05) is 65.8 Å². The van der Waals surface area contributed by atoms with Gasteiger partial charge in [0.2, 0.25) is 0 Å².